The minimum absolute atomic E-state index is 0.0630. The summed E-state index contributed by atoms with van der Waals surface area (Å²) >= 11 is 6.14. The smallest absolute Gasteiger partial charge is 0.303 e. The van der Waals surface area contributed by atoms with Gasteiger partial charge in [-0.25, -0.2) is 0 Å². The molecule has 1 aromatic carbocycles. The predicted molar refractivity (Wildman–Crippen MR) is 97.9 cm³/mol. The van der Waals surface area contributed by atoms with E-state index in [0.29, 0.717) is 23.7 Å². The molecule has 0 saturated carbocycles. The Morgan fingerprint density at radius 1 is 1.20 bits per heavy atom. The summed E-state index contributed by atoms with van der Waals surface area (Å²) in [6, 6.07) is 4.65. The lowest BCUT2D eigenvalue weighted by molar-refractivity contribution is -0.139. The number of nitrogens with one attached hydrogen (secondary N) is 2. The van der Waals surface area contributed by atoms with Crippen molar-refractivity contribution in [1.29, 1.82) is 0 Å². The largest absolute Gasteiger partial charge is 0.481 e. The SMILES string of the molecule is CC(C)CNC(=O)c1ccc(NC(=O)CC(C)(C)CC(=O)O)cc1Cl. The van der Waals surface area contributed by atoms with E-state index >= 15 is 0 Å². The van der Waals surface area contributed by atoms with Crippen LogP contribution in [0.3, 0.4) is 0 Å². The number of carboxylic acid groups (broad SMARTS) is 1. The van der Waals surface area contributed by atoms with Crippen LogP contribution < -0.4 is 10.6 Å². The molecule has 0 radical (unpaired) electrons. The van der Waals surface area contributed by atoms with Crippen LogP contribution >= 0.6 is 11.6 Å². The summed E-state index contributed by atoms with van der Waals surface area (Å²) in [5.41, 5.74) is 0.143. The lowest BCUT2D eigenvalue weighted by atomic mass is 9.85. The van der Waals surface area contributed by atoms with Crippen molar-refractivity contribution in [1.82, 2.24) is 5.32 Å². The van der Waals surface area contributed by atoms with Gasteiger partial charge < -0.3 is 15.7 Å². The molecule has 6 nitrogen and oxygen atoms in total. The average molecular weight is 369 g/mol. The van der Waals surface area contributed by atoms with Crippen molar-refractivity contribution in [3.05, 3.63) is 28.8 Å². The van der Waals surface area contributed by atoms with E-state index in [2.05, 4.69) is 10.6 Å². The van der Waals surface area contributed by atoms with Gasteiger partial charge in [0.2, 0.25) is 5.91 Å². The molecule has 0 saturated heterocycles. The van der Waals surface area contributed by atoms with Crippen molar-refractivity contribution in [2.24, 2.45) is 11.3 Å². The zero-order valence-electron chi connectivity index (χ0n) is 15.0. The number of carbonyl (C=O) groups is 3. The van der Waals surface area contributed by atoms with Crippen LogP contribution in [-0.4, -0.2) is 29.4 Å². The molecule has 2 amide bonds. The molecule has 0 aliphatic heterocycles. The number of anilines is 1. The summed E-state index contributed by atoms with van der Waals surface area (Å²) < 4.78 is 0. The lowest BCUT2D eigenvalue weighted by Gasteiger charge is -2.21. The van der Waals surface area contributed by atoms with Crippen molar-refractivity contribution in [2.45, 2.75) is 40.5 Å². The summed E-state index contributed by atoms with van der Waals surface area (Å²) in [5.74, 6) is -1.19. The molecule has 1 rings (SSSR count). The minimum Gasteiger partial charge on any atom is -0.481 e. The molecular formula is C18H25ClN2O4. The van der Waals surface area contributed by atoms with Crippen LogP contribution in [-0.2, 0) is 9.59 Å². The summed E-state index contributed by atoms with van der Waals surface area (Å²) in [5, 5.41) is 14.6. The summed E-state index contributed by atoms with van der Waals surface area (Å²) in [4.78, 5) is 35.0. The molecule has 0 spiro atoms. The minimum atomic E-state index is -0.947. The summed E-state index contributed by atoms with van der Waals surface area (Å²) in [7, 11) is 0. The van der Waals surface area contributed by atoms with Crippen LogP contribution in [0.1, 0.15) is 50.9 Å². The molecule has 1 aromatic rings. The fraction of sp³-hybridized carbons (Fsp3) is 0.500. The maximum Gasteiger partial charge on any atom is 0.303 e. The number of benzene rings is 1. The van der Waals surface area contributed by atoms with Crippen LogP contribution in [0.4, 0.5) is 5.69 Å². The van der Waals surface area contributed by atoms with Gasteiger partial charge in [0.15, 0.2) is 0 Å². The third kappa shape index (κ3) is 7.56. The molecule has 0 aliphatic rings. The van der Waals surface area contributed by atoms with Gasteiger partial charge in [0.25, 0.3) is 5.91 Å². The van der Waals surface area contributed by atoms with Crippen molar-refractivity contribution in [3.63, 3.8) is 0 Å². The molecule has 138 valence electrons. The monoisotopic (exact) mass is 368 g/mol. The van der Waals surface area contributed by atoms with Gasteiger partial charge in [0, 0.05) is 18.7 Å². The summed E-state index contributed by atoms with van der Waals surface area (Å²) in [6.45, 7) is 7.97. The van der Waals surface area contributed by atoms with Gasteiger partial charge in [-0.1, -0.05) is 39.3 Å². The first-order valence-electron chi connectivity index (χ1n) is 8.09. The predicted octanol–water partition coefficient (Wildman–Crippen LogP) is 3.56. The Morgan fingerprint density at radius 2 is 1.84 bits per heavy atom. The van der Waals surface area contributed by atoms with E-state index in [4.69, 9.17) is 16.7 Å². The molecule has 7 heteroatoms. The molecule has 0 bridgehead atoms. The number of aliphatic carboxylic acids is 1. The Kier molecular flexibility index (Phi) is 7.42. The Balaban J connectivity index is 2.72. The van der Waals surface area contributed by atoms with E-state index in [1.165, 1.54) is 6.07 Å². The van der Waals surface area contributed by atoms with Crippen LogP contribution in [0.5, 0.6) is 0 Å². The maximum absolute atomic E-state index is 12.1. The third-order valence-electron chi connectivity index (χ3n) is 3.44. The first kappa shape index (κ1) is 21.0. The molecule has 0 aliphatic carbocycles. The van der Waals surface area contributed by atoms with Crippen LogP contribution in [0.2, 0.25) is 5.02 Å². The second kappa shape index (κ2) is 8.85. The summed E-state index contributed by atoms with van der Waals surface area (Å²) in [6.07, 6.45) is -0.0380. The van der Waals surface area contributed by atoms with Crippen molar-refractivity contribution >= 4 is 35.1 Å². The van der Waals surface area contributed by atoms with Crippen LogP contribution in [0, 0.1) is 11.3 Å². The number of amides is 2. The van der Waals surface area contributed by atoms with E-state index in [9.17, 15) is 14.4 Å². The molecule has 0 fully saturated rings. The van der Waals surface area contributed by atoms with Gasteiger partial charge in [0.05, 0.1) is 17.0 Å². The van der Waals surface area contributed by atoms with Crippen molar-refractivity contribution < 1.29 is 19.5 Å². The first-order chi connectivity index (χ1) is 11.5. The first-order valence-corrected chi connectivity index (χ1v) is 8.47. The number of carboxylic acids is 1. The maximum atomic E-state index is 12.1. The van der Waals surface area contributed by atoms with Crippen molar-refractivity contribution in [2.75, 3.05) is 11.9 Å². The molecule has 0 unspecified atom stereocenters. The zero-order valence-corrected chi connectivity index (χ0v) is 15.7. The Labute approximate surface area is 152 Å². The van der Waals surface area contributed by atoms with E-state index < -0.39 is 11.4 Å². The Bertz CT molecular complexity index is 656. The standard InChI is InChI=1S/C18H25ClN2O4/c1-11(2)10-20-17(25)13-6-5-12(7-14(13)19)21-15(22)8-18(3,4)9-16(23)24/h5-7,11H,8-10H2,1-4H3,(H,20,25)(H,21,22)(H,23,24). The van der Waals surface area contributed by atoms with Gasteiger partial charge in [-0.2, -0.15) is 0 Å². The number of hydrogen-bond acceptors (Lipinski definition) is 3. The third-order valence-corrected chi connectivity index (χ3v) is 3.75. The van der Waals surface area contributed by atoms with Gasteiger partial charge in [-0.05, 0) is 29.5 Å². The van der Waals surface area contributed by atoms with Gasteiger partial charge in [0.1, 0.15) is 0 Å². The highest BCUT2D eigenvalue weighted by Gasteiger charge is 2.25. The fourth-order valence-corrected chi connectivity index (χ4v) is 2.55. The Hall–Kier alpha value is -2.08. The fourth-order valence-electron chi connectivity index (χ4n) is 2.28. The van der Waals surface area contributed by atoms with Gasteiger partial charge in [-0.3, -0.25) is 14.4 Å². The van der Waals surface area contributed by atoms with Gasteiger partial charge >= 0.3 is 5.97 Å². The van der Waals surface area contributed by atoms with Crippen LogP contribution in [0.25, 0.3) is 0 Å². The quantitative estimate of drug-likeness (QED) is 0.653. The second-order valence-corrected chi connectivity index (χ2v) is 7.67. The number of rotatable bonds is 8. The van der Waals surface area contributed by atoms with E-state index in [-0.39, 0.29) is 29.7 Å². The number of carbonyl (C=O) groups excluding carboxylic acids is 2. The average Bonchev–Trinajstić information content (AvgIpc) is 2.42. The molecule has 0 heterocycles. The van der Waals surface area contributed by atoms with Gasteiger partial charge in [-0.15, -0.1) is 0 Å². The highest BCUT2D eigenvalue weighted by molar-refractivity contribution is 6.34. The zero-order chi connectivity index (χ0) is 19.2. The van der Waals surface area contributed by atoms with Crippen LogP contribution in [0.15, 0.2) is 18.2 Å². The van der Waals surface area contributed by atoms with E-state index in [1.807, 2.05) is 13.8 Å². The van der Waals surface area contributed by atoms with Crippen molar-refractivity contribution in [3.8, 4) is 0 Å². The topological polar surface area (TPSA) is 95.5 Å². The number of hydrogen-bond donors (Lipinski definition) is 3. The highest BCUT2D eigenvalue weighted by Crippen LogP contribution is 2.26. The molecule has 3 N–H and O–H groups in total. The highest BCUT2D eigenvalue weighted by atomic mass is 35.5. The Morgan fingerprint density at radius 3 is 2.36 bits per heavy atom. The number of halogens is 1. The lowest BCUT2D eigenvalue weighted by Crippen LogP contribution is -2.27. The second-order valence-electron chi connectivity index (χ2n) is 7.26. The molecular weight excluding hydrogens is 344 g/mol. The molecule has 0 aromatic heterocycles. The van der Waals surface area contributed by atoms with E-state index in [1.54, 1.807) is 26.0 Å². The van der Waals surface area contributed by atoms with E-state index in [0.717, 1.165) is 0 Å². The molecule has 0 atom stereocenters. The normalized spacial score (nSPS) is 11.3. The molecule has 25 heavy (non-hydrogen) atoms.